The molecule has 0 atom stereocenters. The smallest absolute Gasteiger partial charge is 0.191 e. The minimum absolute atomic E-state index is 0.660. The fourth-order valence-corrected chi connectivity index (χ4v) is 3.73. The number of hydrogen-bond donors (Lipinski definition) is 1. The fraction of sp³-hybridized carbons (Fsp3) is 0.444. The molecule has 0 saturated carbocycles. The average Bonchev–Trinajstić information content (AvgIpc) is 3.10. The Morgan fingerprint density at radius 1 is 1.12 bits per heavy atom. The van der Waals surface area contributed by atoms with Gasteiger partial charge in [-0.1, -0.05) is 54.2 Å². The lowest BCUT2D eigenvalue weighted by Crippen LogP contribution is -2.44. The maximum absolute atomic E-state index is 4.82. The lowest BCUT2D eigenvalue weighted by atomic mass is 10.2. The largest absolute Gasteiger partial charge is 0.352 e. The second kappa shape index (κ2) is 8.01. The van der Waals surface area contributed by atoms with Crippen molar-refractivity contribution in [3.8, 4) is 0 Å². The van der Waals surface area contributed by atoms with Crippen LogP contribution in [-0.4, -0.2) is 56.9 Å². The van der Waals surface area contributed by atoms with Gasteiger partial charge in [-0.15, -0.1) is 5.10 Å². The molecule has 0 aliphatic carbocycles. The van der Waals surface area contributed by atoms with E-state index < -0.39 is 0 Å². The van der Waals surface area contributed by atoms with E-state index in [9.17, 15) is 0 Å². The van der Waals surface area contributed by atoms with Crippen LogP contribution in [0.3, 0.4) is 0 Å². The zero-order chi connectivity index (χ0) is 17.8. The number of thioether (sulfide) groups is 1. The van der Waals surface area contributed by atoms with Crippen LogP contribution in [0.1, 0.15) is 18.9 Å². The molecule has 0 unspecified atom stereocenters. The number of nitrogens with zero attached hydrogens (tertiary/aromatic N) is 6. The molecule has 1 saturated heterocycles. The molecule has 8 heteroatoms. The van der Waals surface area contributed by atoms with Gasteiger partial charge in [0.05, 0.1) is 6.54 Å². The van der Waals surface area contributed by atoms with Crippen LogP contribution in [0.2, 0.25) is 0 Å². The summed E-state index contributed by atoms with van der Waals surface area (Å²) in [6, 6.07) is 10.3. The molecule has 0 spiro atoms. The van der Waals surface area contributed by atoms with Crippen molar-refractivity contribution in [1.29, 1.82) is 0 Å². The molecule has 7 nitrogen and oxygen atoms in total. The maximum Gasteiger partial charge on any atom is 0.191 e. The van der Waals surface area contributed by atoms with Crippen LogP contribution in [0.15, 0.2) is 35.5 Å². The molecule has 1 aliphatic rings. The van der Waals surface area contributed by atoms with Crippen LogP contribution in [0.4, 0.5) is 5.82 Å². The van der Waals surface area contributed by atoms with Crippen molar-refractivity contribution < 1.29 is 0 Å². The van der Waals surface area contributed by atoms with Gasteiger partial charge in [-0.05, 0) is 12.0 Å². The Kier molecular flexibility index (Phi) is 5.31. The molecule has 3 heterocycles. The molecule has 1 fully saturated rings. The van der Waals surface area contributed by atoms with Crippen molar-refractivity contribution in [2.45, 2.75) is 25.0 Å². The number of piperazine rings is 1. The van der Waals surface area contributed by atoms with Crippen LogP contribution in [0.5, 0.6) is 0 Å². The molecule has 26 heavy (non-hydrogen) atoms. The average molecular weight is 369 g/mol. The summed E-state index contributed by atoms with van der Waals surface area (Å²) in [6.07, 6.45) is 1.09. The summed E-state index contributed by atoms with van der Waals surface area (Å²) < 4.78 is 1.88. The molecular weight excluding hydrogens is 346 g/mol. The number of hydrogen-bond acceptors (Lipinski definition) is 7. The zero-order valence-corrected chi connectivity index (χ0v) is 15.7. The fourth-order valence-electron chi connectivity index (χ4n) is 3.04. The summed E-state index contributed by atoms with van der Waals surface area (Å²) in [5.41, 5.74) is 2.80. The summed E-state index contributed by atoms with van der Waals surface area (Å²) >= 11 is 1.70. The zero-order valence-electron chi connectivity index (χ0n) is 14.9. The van der Waals surface area contributed by atoms with Gasteiger partial charge < -0.3 is 10.2 Å². The highest BCUT2D eigenvalue weighted by Crippen LogP contribution is 2.26. The lowest BCUT2D eigenvalue weighted by molar-refractivity contribution is 0.584. The van der Waals surface area contributed by atoms with Gasteiger partial charge in [0.15, 0.2) is 22.1 Å². The quantitative estimate of drug-likeness (QED) is 0.527. The van der Waals surface area contributed by atoms with Gasteiger partial charge in [0, 0.05) is 31.9 Å². The molecule has 3 aromatic rings. The van der Waals surface area contributed by atoms with E-state index >= 15 is 0 Å². The van der Waals surface area contributed by atoms with Gasteiger partial charge in [0.2, 0.25) is 0 Å². The second-order valence-electron chi connectivity index (χ2n) is 6.32. The first kappa shape index (κ1) is 17.2. The first-order valence-corrected chi connectivity index (χ1v) is 10.1. The predicted octanol–water partition coefficient (Wildman–Crippen LogP) is 2.18. The van der Waals surface area contributed by atoms with Gasteiger partial charge in [0.1, 0.15) is 0 Å². The third-order valence-electron chi connectivity index (χ3n) is 4.35. The second-order valence-corrected chi connectivity index (χ2v) is 7.38. The van der Waals surface area contributed by atoms with Crippen LogP contribution in [0.25, 0.3) is 11.2 Å². The van der Waals surface area contributed by atoms with Gasteiger partial charge in [-0.2, -0.15) is 0 Å². The van der Waals surface area contributed by atoms with Crippen LogP contribution in [-0.2, 0) is 6.54 Å². The number of fused-ring (bicyclic) bond motifs is 1. The molecular formula is C18H23N7S. The van der Waals surface area contributed by atoms with Crippen LogP contribution >= 0.6 is 11.8 Å². The van der Waals surface area contributed by atoms with Gasteiger partial charge >= 0.3 is 0 Å². The summed E-state index contributed by atoms with van der Waals surface area (Å²) in [7, 11) is 0. The third kappa shape index (κ3) is 3.66. The van der Waals surface area contributed by atoms with Crippen molar-refractivity contribution >= 4 is 28.7 Å². The highest BCUT2D eigenvalue weighted by molar-refractivity contribution is 7.99. The number of aromatic nitrogens is 5. The highest BCUT2D eigenvalue weighted by Gasteiger charge is 2.21. The Morgan fingerprint density at radius 2 is 1.92 bits per heavy atom. The van der Waals surface area contributed by atoms with E-state index in [-0.39, 0.29) is 0 Å². The standard InChI is InChI=1S/C18H23N7S/c1-2-12-26-18-20-16(24-10-8-19-9-11-24)15-17(21-18)25(23-22-15)13-14-6-4-3-5-7-14/h3-7,19H,2,8-13H2,1H3. The first-order valence-electron chi connectivity index (χ1n) is 9.09. The Morgan fingerprint density at radius 3 is 2.69 bits per heavy atom. The summed E-state index contributed by atoms with van der Waals surface area (Å²) in [6.45, 7) is 6.60. The summed E-state index contributed by atoms with van der Waals surface area (Å²) in [5, 5.41) is 13.0. The van der Waals surface area contributed by atoms with Crippen molar-refractivity contribution in [1.82, 2.24) is 30.3 Å². The number of rotatable bonds is 6. The Labute approximate surface area is 157 Å². The summed E-state index contributed by atoms with van der Waals surface area (Å²) in [4.78, 5) is 11.9. The van der Waals surface area contributed by atoms with Gasteiger partial charge in [0.25, 0.3) is 0 Å². The molecule has 4 rings (SSSR count). The Hall–Kier alpha value is -2.19. The van der Waals surface area contributed by atoms with E-state index in [2.05, 4.69) is 39.6 Å². The van der Waals surface area contributed by atoms with E-state index in [1.807, 2.05) is 22.9 Å². The van der Waals surface area contributed by atoms with E-state index in [0.29, 0.717) is 6.54 Å². The topological polar surface area (TPSA) is 71.8 Å². The van der Waals surface area contributed by atoms with Crippen molar-refractivity contribution in [2.75, 3.05) is 36.8 Å². The summed E-state index contributed by atoms with van der Waals surface area (Å²) in [5.74, 6) is 1.92. The number of nitrogens with one attached hydrogen (secondary N) is 1. The Balaban J connectivity index is 1.74. The molecule has 0 radical (unpaired) electrons. The minimum atomic E-state index is 0.660. The van der Waals surface area contributed by atoms with Crippen molar-refractivity contribution in [3.05, 3.63) is 35.9 Å². The highest BCUT2D eigenvalue weighted by atomic mass is 32.2. The van der Waals surface area contributed by atoms with E-state index in [0.717, 1.165) is 60.5 Å². The molecule has 0 amide bonds. The first-order chi connectivity index (χ1) is 12.8. The lowest BCUT2D eigenvalue weighted by Gasteiger charge is -2.28. The van der Waals surface area contributed by atoms with E-state index in [1.165, 1.54) is 5.56 Å². The van der Waals surface area contributed by atoms with Gasteiger partial charge in [-0.3, -0.25) is 0 Å². The molecule has 1 N–H and O–H groups in total. The molecule has 136 valence electrons. The van der Waals surface area contributed by atoms with Crippen LogP contribution < -0.4 is 10.2 Å². The van der Waals surface area contributed by atoms with E-state index in [4.69, 9.17) is 9.97 Å². The Bertz CT molecular complexity index is 859. The molecule has 2 aromatic heterocycles. The minimum Gasteiger partial charge on any atom is -0.352 e. The van der Waals surface area contributed by atoms with Crippen molar-refractivity contribution in [3.63, 3.8) is 0 Å². The molecule has 0 bridgehead atoms. The molecule has 1 aromatic carbocycles. The maximum atomic E-state index is 4.82. The van der Waals surface area contributed by atoms with Crippen molar-refractivity contribution in [2.24, 2.45) is 0 Å². The van der Waals surface area contributed by atoms with E-state index in [1.54, 1.807) is 11.8 Å². The number of benzene rings is 1. The van der Waals surface area contributed by atoms with Gasteiger partial charge in [-0.25, -0.2) is 14.6 Å². The number of anilines is 1. The monoisotopic (exact) mass is 369 g/mol. The SMILES string of the molecule is CCCSc1nc(N2CCNCC2)c2nnn(Cc3ccccc3)c2n1. The van der Waals surface area contributed by atoms with Crippen LogP contribution in [0, 0.1) is 0 Å². The molecule has 1 aliphatic heterocycles. The normalized spacial score (nSPS) is 14.9. The third-order valence-corrected chi connectivity index (χ3v) is 5.40. The predicted molar refractivity (Wildman–Crippen MR) is 105 cm³/mol.